The number of nitrogens with one attached hydrogen (secondary N) is 3. The molecule has 0 aliphatic carbocycles. The van der Waals surface area contributed by atoms with Gasteiger partial charge in [0.15, 0.2) is 12.2 Å². The predicted molar refractivity (Wildman–Crippen MR) is 139 cm³/mol. The van der Waals surface area contributed by atoms with Crippen LogP contribution in [0.25, 0.3) is 16.9 Å². The molecule has 0 saturated carbocycles. The number of H-pyrrole nitrogens is 1. The van der Waals surface area contributed by atoms with Gasteiger partial charge >= 0.3 is 6.61 Å². The zero-order valence-electron chi connectivity index (χ0n) is 20.9. The second-order valence-corrected chi connectivity index (χ2v) is 10.4. The van der Waals surface area contributed by atoms with E-state index in [2.05, 4.69) is 37.8 Å². The summed E-state index contributed by atoms with van der Waals surface area (Å²) in [5.41, 5.74) is 2.13. The number of carbonyl (C=O) groups is 2. The zero-order chi connectivity index (χ0) is 27.1. The highest BCUT2D eigenvalue weighted by molar-refractivity contribution is 8.00. The number of fused-ring (bicyclic) bond motifs is 2. The maximum atomic E-state index is 13.5. The molecule has 0 radical (unpaired) electrons. The summed E-state index contributed by atoms with van der Waals surface area (Å²) in [5, 5.41) is 13.1. The number of ether oxygens (including phenoxy) is 1. The molecule has 0 unspecified atom stereocenters. The average molecular weight is 556 g/mol. The van der Waals surface area contributed by atoms with E-state index in [1.165, 1.54) is 28.5 Å². The molecule has 0 bridgehead atoms. The number of likely N-dealkylation sites (N-methyl/N-ethyl adjacent to an activating group) is 1. The van der Waals surface area contributed by atoms with Crippen LogP contribution in [-0.4, -0.2) is 68.4 Å². The van der Waals surface area contributed by atoms with Crippen LogP contribution in [0.3, 0.4) is 0 Å². The van der Waals surface area contributed by atoms with E-state index in [0.717, 1.165) is 19.4 Å². The molecule has 2 amide bonds. The number of alkyl halides is 2. The van der Waals surface area contributed by atoms with E-state index in [1.54, 1.807) is 30.7 Å². The fraction of sp³-hybridized carbons (Fsp3) is 0.320. The van der Waals surface area contributed by atoms with Crippen molar-refractivity contribution >= 4 is 40.6 Å². The molecule has 14 heteroatoms. The summed E-state index contributed by atoms with van der Waals surface area (Å²) in [6.45, 7) is -1.49. The van der Waals surface area contributed by atoms with E-state index in [0.29, 0.717) is 39.7 Å². The number of thioether (sulfide) groups is 1. The number of amides is 2. The summed E-state index contributed by atoms with van der Waals surface area (Å²) in [6.07, 6.45) is 8.53. The summed E-state index contributed by atoms with van der Waals surface area (Å²) in [7, 11) is 2.06. The number of carbonyl (C=O) groups excluding carboxylic acids is 2. The lowest BCUT2D eigenvalue weighted by molar-refractivity contribution is -0.752. The Hall–Kier alpha value is -4.04. The third-order valence-electron chi connectivity index (χ3n) is 6.86. The second-order valence-electron chi connectivity index (χ2n) is 9.42. The highest BCUT2D eigenvalue weighted by Crippen LogP contribution is 2.43. The van der Waals surface area contributed by atoms with Gasteiger partial charge in [0.2, 0.25) is 12.1 Å². The minimum atomic E-state index is -3.09. The van der Waals surface area contributed by atoms with Crippen LogP contribution in [0.5, 0.6) is 5.75 Å². The molecule has 0 spiro atoms. The molecule has 2 aliphatic rings. The van der Waals surface area contributed by atoms with Crippen molar-refractivity contribution in [3.8, 4) is 17.0 Å². The van der Waals surface area contributed by atoms with Crippen LogP contribution in [0.1, 0.15) is 23.2 Å². The first-order chi connectivity index (χ1) is 18.9. The summed E-state index contributed by atoms with van der Waals surface area (Å²) >= 11 is 1.30. The van der Waals surface area contributed by atoms with Crippen LogP contribution in [0.15, 0.2) is 47.9 Å². The van der Waals surface area contributed by atoms with Crippen molar-refractivity contribution in [2.75, 3.05) is 30.0 Å². The standard InChI is InChI=1S/C25H24F2N8O3S/c1-33-6-2-4-14(33)11-34-12-18(31-24(37)16-10-29-35-7-3-5-28-23(16)35)22(32-34)15-8-20-17(30-21(36)13-39-20)9-19(15)38-25(26)27/h3,5,7-10,12,14,25H,2,4,6,11,13H2,1H3,(H2,30,31,32,36,37)/p+1/t14-/m1/s1. The molecular weight excluding hydrogens is 530 g/mol. The lowest BCUT2D eigenvalue weighted by atomic mass is 10.1. The van der Waals surface area contributed by atoms with Crippen molar-refractivity contribution < 1.29 is 27.8 Å². The molecule has 1 saturated heterocycles. The number of benzene rings is 1. The van der Waals surface area contributed by atoms with Gasteiger partial charge in [-0.25, -0.2) is 9.50 Å². The molecule has 39 heavy (non-hydrogen) atoms. The highest BCUT2D eigenvalue weighted by Gasteiger charge is 2.30. The molecule has 6 rings (SSSR count). The van der Waals surface area contributed by atoms with E-state index in [-0.39, 0.29) is 29.0 Å². The third-order valence-corrected chi connectivity index (χ3v) is 7.92. The molecule has 4 aromatic rings. The molecule has 202 valence electrons. The minimum absolute atomic E-state index is 0.133. The van der Waals surface area contributed by atoms with Gasteiger partial charge in [0, 0.05) is 28.9 Å². The number of hydrogen-bond donors (Lipinski definition) is 3. The van der Waals surface area contributed by atoms with Crippen molar-refractivity contribution in [3.63, 3.8) is 0 Å². The fourth-order valence-corrected chi connectivity index (χ4v) is 5.79. The Morgan fingerprint density at radius 1 is 1.38 bits per heavy atom. The quantitative estimate of drug-likeness (QED) is 0.300. The first kappa shape index (κ1) is 25.2. The van der Waals surface area contributed by atoms with Gasteiger partial charge in [-0.2, -0.15) is 19.0 Å². The maximum absolute atomic E-state index is 13.5. The van der Waals surface area contributed by atoms with Crippen LogP contribution in [0, 0.1) is 0 Å². The Labute approximate surface area is 225 Å². The lowest BCUT2D eigenvalue weighted by Crippen LogP contribution is -2.45. The highest BCUT2D eigenvalue weighted by atomic mass is 32.2. The van der Waals surface area contributed by atoms with Crippen LogP contribution < -0.4 is 20.1 Å². The predicted octanol–water partition coefficient (Wildman–Crippen LogP) is 3.00. The van der Waals surface area contributed by atoms with Crippen LogP contribution in [0.2, 0.25) is 0 Å². The second kappa shape index (κ2) is 10.3. The number of nitrogens with zero attached hydrogens (tertiary/aromatic N) is 5. The van der Waals surface area contributed by atoms with Gasteiger partial charge < -0.3 is 15.4 Å². The summed E-state index contributed by atoms with van der Waals surface area (Å²) < 4.78 is 35.1. The van der Waals surface area contributed by atoms with Gasteiger partial charge in [-0.05, 0) is 38.6 Å². The molecule has 5 heterocycles. The van der Waals surface area contributed by atoms with E-state index in [1.807, 2.05) is 4.68 Å². The van der Waals surface area contributed by atoms with E-state index < -0.39 is 12.5 Å². The number of likely N-dealkylation sites (tertiary alicyclic amines) is 1. The maximum Gasteiger partial charge on any atom is 0.387 e. The lowest BCUT2D eigenvalue weighted by Gasteiger charge is -2.19. The number of aromatic amines is 1. The Morgan fingerprint density at radius 2 is 2.26 bits per heavy atom. The molecule has 3 aromatic heterocycles. The molecule has 1 fully saturated rings. The summed E-state index contributed by atoms with van der Waals surface area (Å²) in [6, 6.07) is 5.05. The number of rotatable bonds is 7. The van der Waals surface area contributed by atoms with Crippen LogP contribution >= 0.6 is 11.8 Å². The van der Waals surface area contributed by atoms with Crippen molar-refractivity contribution in [2.24, 2.45) is 0 Å². The minimum Gasteiger partial charge on any atom is -0.434 e. The van der Waals surface area contributed by atoms with E-state index >= 15 is 0 Å². The normalized spacial score (nSPS) is 17.4. The molecule has 3 N–H and O–H groups in total. The molecule has 1 aromatic carbocycles. The van der Waals surface area contributed by atoms with Crippen LogP contribution in [0.4, 0.5) is 20.2 Å². The molecule has 11 nitrogen and oxygen atoms in total. The van der Waals surface area contributed by atoms with Crippen molar-refractivity contribution in [1.29, 1.82) is 0 Å². The Bertz CT molecular complexity index is 1570. The summed E-state index contributed by atoms with van der Waals surface area (Å²) in [5.74, 6) is -0.612. The monoisotopic (exact) mass is 555 g/mol. The average Bonchev–Trinajstić information content (AvgIpc) is 3.62. The number of anilines is 2. The van der Waals surface area contributed by atoms with Gasteiger partial charge in [-0.15, -0.1) is 16.4 Å². The zero-order valence-corrected chi connectivity index (χ0v) is 21.7. The third kappa shape index (κ3) is 5.04. The first-order valence-corrected chi connectivity index (χ1v) is 13.3. The fourth-order valence-electron chi connectivity index (χ4n) is 4.96. The van der Waals surface area contributed by atoms with E-state index in [9.17, 15) is 18.4 Å². The van der Waals surface area contributed by atoms with Crippen molar-refractivity contribution in [2.45, 2.75) is 36.9 Å². The van der Waals surface area contributed by atoms with Gasteiger partial charge in [-0.3, -0.25) is 14.5 Å². The van der Waals surface area contributed by atoms with E-state index in [4.69, 9.17) is 4.74 Å². The Kier molecular flexibility index (Phi) is 6.64. The van der Waals surface area contributed by atoms with Gasteiger partial charge in [0.05, 0.1) is 23.7 Å². The van der Waals surface area contributed by atoms with Gasteiger partial charge in [-0.1, -0.05) is 0 Å². The Balaban J connectivity index is 1.42. The van der Waals surface area contributed by atoms with Crippen molar-refractivity contribution in [3.05, 3.63) is 48.5 Å². The molecular formula is C25H25F2N8O3S+. The van der Waals surface area contributed by atoms with Crippen LogP contribution in [-0.2, 0) is 11.3 Å². The topological polar surface area (TPSA) is 121 Å². The smallest absolute Gasteiger partial charge is 0.387 e. The summed E-state index contributed by atoms with van der Waals surface area (Å²) in [4.78, 5) is 32.5. The molecule has 2 aliphatic heterocycles. The first-order valence-electron chi connectivity index (χ1n) is 12.3. The van der Waals surface area contributed by atoms with Gasteiger partial charge in [0.1, 0.15) is 22.7 Å². The molecule has 1 atom stereocenters. The van der Waals surface area contributed by atoms with Gasteiger partial charge in [0.25, 0.3) is 5.91 Å². The van der Waals surface area contributed by atoms with Crippen molar-refractivity contribution in [1.82, 2.24) is 24.6 Å². The number of aromatic nitrogens is 5. The number of hydrogen-bond acceptors (Lipinski definition) is 7. The largest absolute Gasteiger partial charge is 0.434 e. The SMILES string of the molecule is CN1CCC[C@@H]1C[n+]1cc(NC(=O)c2cnn3cccnc23)c(-c2cc3c(cc2OC(F)F)NC(=O)CS3)[nH]1. The number of halogens is 2. The Morgan fingerprint density at radius 3 is 3.05 bits per heavy atom.